The van der Waals surface area contributed by atoms with Crippen LogP contribution < -0.4 is 4.72 Å². The molecule has 0 radical (unpaired) electrons. The summed E-state index contributed by atoms with van der Waals surface area (Å²) >= 11 is 3.26. The molecule has 0 fully saturated rings. The van der Waals surface area contributed by atoms with Crippen LogP contribution in [0.1, 0.15) is 21.9 Å². The van der Waals surface area contributed by atoms with Crippen molar-refractivity contribution < 1.29 is 18.3 Å². The van der Waals surface area contributed by atoms with E-state index in [-0.39, 0.29) is 11.5 Å². The predicted octanol–water partition coefficient (Wildman–Crippen LogP) is 1.68. The number of aromatic amines is 1. The van der Waals surface area contributed by atoms with Gasteiger partial charge in [0.1, 0.15) is 10.7 Å². The number of hydrogen-bond acceptors (Lipinski definition) is 5. The number of hydrogen-bond donors (Lipinski definition) is 3. The highest BCUT2D eigenvalue weighted by Crippen LogP contribution is 2.22. The van der Waals surface area contributed by atoms with Crippen molar-refractivity contribution in [2.24, 2.45) is 0 Å². The molecule has 0 aliphatic carbocycles. The second-order valence-corrected chi connectivity index (χ2v) is 6.67. The first-order valence-corrected chi connectivity index (χ1v) is 7.94. The summed E-state index contributed by atoms with van der Waals surface area (Å²) in [5.41, 5.74) is 0.167. The van der Waals surface area contributed by atoms with Crippen molar-refractivity contribution in [2.45, 2.75) is 18.7 Å². The Balaban J connectivity index is 2.45. The molecule has 3 N–H and O–H groups in total. The number of sulfonamides is 1. The lowest BCUT2D eigenvalue weighted by Crippen LogP contribution is -2.17. The normalized spacial score (nSPS) is 11.4. The molecule has 0 amide bonds. The molecule has 21 heavy (non-hydrogen) atoms. The van der Waals surface area contributed by atoms with Gasteiger partial charge in [0, 0.05) is 4.47 Å². The third-order valence-corrected chi connectivity index (χ3v) is 4.98. The van der Waals surface area contributed by atoms with Gasteiger partial charge in [-0.3, -0.25) is 9.82 Å². The molecule has 10 heteroatoms. The fourth-order valence-corrected chi connectivity index (χ4v) is 3.23. The molecule has 0 atom stereocenters. The van der Waals surface area contributed by atoms with E-state index in [0.717, 1.165) is 4.47 Å². The van der Waals surface area contributed by atoms with E-state index >= 15 is 0 Å². The lowest BCUT2D eigenvalue weighted by Gasteiger charge is -2.08. The Morgan fingerprint density at radius 1 is 1.38 bits per heavy atom. The number of carbonyl (C=O) groups is 1. The standard InChI is InChI=1S/C11H11BrN4O4S/c1-5-7(12)3-4-8(13-5)16-21(19,20)10-6(2)14-15-9(10)11(17)18/h3-4H,1-2H3,(H,13,16)(H,14,15)(H,17,18). The van der Waals surface area contributed by atoms with Crippen LogP contribution in [0, 0.1) is 13.8 Å². The maximum Gasteiger partial charge on any atom is 0.357 e. The smallest absolute Gasteiger partial charge is 0.357 e. The zero-order valence-electron chi connectivity index (χ0n) is 11.0. The van der Waals surface area contributed by atoms with Gasteiger partial charge in [-0.05, 0) is 41.9 Å². The van der Waals surface area contributed by atoms with Gasteiger partial charge < -0.3 is 5.11 Å². The van der Waals surface area contributed by atoms with E-state index in [1.165, 1.54) is 13.0 Å². The highest BCUT2D eigenvalue weighted by Gasteiger charge is 2.28. The number of H-pyrrole nitrogens is 1. The van der Waals surface area contributed by atoms with Crippen molar-refractivity contribution in [2.75, 3.05) is 4.72 Å². The average molecular weight is 375 g/mol. The van der Waals surface area contributed by atoms with Gasteiger partial charge in [-0.1, -0.05) is 0 Å². The highest BCUT2D eigenvalue weighted by atomic mass is 79.9. The topological polar surface area (TPSA) is 125 Å². The van der Waals surface area contributed by atoms with E-state index in [2.05, 4.69) is 35.8 Å². The fraction of sp³-hybridized carbons (Fsp3) is 0.182. The minimum atomic E-state index is -4.11. The molecular weight excluding hydrogens is 364 g/mol. The summed E-state index contributed by atoms with van der Waals surface area (Å²) in [6.45, 7) is 3.13. The Bertz CT molecular complexity index is 816. The zero-order chi connectivity index (χ0) is 15.8. The summed E-state index contributed by atoms with van der Waals surface area (Å²) < 4.78 is 27.6. The van der Waals surface area contributed by atoms with Crippen molar-refractivity contribution in [3.05, 3.63) is 33.7 Å². The van der Waals surface area contributed by atoms with Crippen LogP contribution in [0.5, 0.6) is 0 Å². The predicted molar refractivity (Wildman–Crippen MR) is 77.8 cm³/mol. The first-order chi connectivity index (χ1) is 9.72. The fourth-order valence-electron chi connectivity index (χ4n) is 1.68. The van der Waals surface area contributed by atoms with Crippen molar-refractivity contribution in [1.29, 1.82) is 0 Å². The van der Waals surface area contributed by atoms with Crippen molar-refractivity contribution in [3.63, 3.8) is 0 Å². The van der Waals surface area contributed by atoms with Gasteiger partial charge >= 0.3 is 5.97 Å². The molecule has 2 aromatic rings. The number of nitrogens with zero attached hydrogens (tertiary/aromatic N) is 2. The number of carboxylic acids is 1. The van der Waals surface area contributed by atoms with Gasteiger partial charge in [0.05, 0.1) is 11.4 Å². The summed E-state index contributed by atoms with van der Waals surface area (Å²) in [5.74, 6) is -1.34. The second-order valence-electron chi connectivity index (χ2n) is 4.20. The van der Waals surface area contributed by atoms with Crippen molar-refractivity contribution >= 4 is 37.7 Å². The molecule has 0 bridgehead atoms. The summed E-state index contributed by atoms with van der Waals surface area (Å²) in [7, 11) is -4.11. The minimum absolute atomic E-state index is 0.0904. The Morgan fingerprint density at radius 3 is 2.62 bits per heavy atom. The summed E-state index contributed by atoms with van der Waals surface area (Å²) in [4.78, 5) is 14.7. The van der Waals surface area contributed by atoms with Crippen LogP contribution >= 0.6 is 15.9 Å². The van der Waals surface area contributed by atoms with E-state index in [1.54, 1.807) is 13.0 Å². The molecule has 0 unspecified atom stereocenters. The van der Waals surface area contributed by atoms with Crippen LogP contribution in [-0.2, 0) is 10.0 Å². The van der Waals surface area contributed by atoms with E-state index in [0.29, 0.717) is 5.69 Å². The molecule has 0 aromatic carbocycles. The molecule has 2 aromatic heterocycles. The molecule has 0 saturated heterocycles. The molecule has 2 rings (SSSR count). The quantitative estimate of drug-likeness (QED) is 0.747. The molecule has 0 aliphatic rings. The molecule has 112 valence electrons. The van der Waals surface area contributed by atoms with Gasteiger partial charge in [-0.2, -0.15) is 5.10 Å². The van der Waals surface area contributed by atoms with Gasteiger partial charge in [0.25, 0.3) is 10.0 Å². The summed E-state index contributed by atoms with van der Waals surface area (Å²) in [6, 6.07) is 3.10. The number of aromatic nitrogens is 3. The van der Waals surface area contributed by atoms with Crippen LogP contribution in [0.25, 0.3) is 0 Å². The lowest BCUT2D eigenvalue weighted by molar-refractivity contribution is 0.0686. The number of pyridine rings is 1. The van der Waals surface area contributed by atoms with Crippen molar-refractivity contribution in [1.82, 2.24) is 15.2 Å². The summed E-state index contributed by atoms with van der Waals surface area (Å²) in [5, 5.41) is 14.8. The number of aryl methyl sites for hydroxylation is 2. The number of carboxylic acid groups (broad SMARTS) is 1. The number of aromatic carboxylic acids is 1. The van der Waals surface area contributed by atoms with E-state index in [9.17, 15) is 13.2 Å². The Kier molecular flexibility index (Phi) is 4.01. The van der Waals surface area contributed by atoms with Crippen LogP contribution in [0.3, 0.4) is 0 Å². The molecule has 0 aliphatic heterocycles. The minimum Gasteiger partial charge on any atom is -0.476 e. The van der Waals surface area contributed by atoms with Crippen LogP contribution in [0.2, 0.25) is 0 Å². The number of anilines is 1. The molecular formula is C11H11BrN4O4S. The van der Waals surface area contributed by atoms with Gasteiger partial charge in [0.2, 0.25) is 0 Å². The Labute approximate surface area is 128 Å². The first-order valence-electron chi connectivity index (χ1n) is 5.66. The van der Waals surface area contributed by atoms with Crippen molar-refractivity contribution in [3.8, 4) is 0 Å². The lowest BCUT2D eigenvalue weighted by atomic mass is 10.4. The summed E-state index contributed by atoms with van der Waals surface area (Å²) in [6.07, 6.45) is 0. The van der Waals surface area contributed by atoms with Gasteiger partial charge in [0.15, 0.2) is 5.69 Å². The van der Waals surface area contributed by atoms with Gasteiger partial charge in [-0.25, -0.2) is 18.2 Å². The molecule has 0 spiro atoms. The third-order valence-electron chi connectivity index (χ3n) is 2.62. The molecule has 2 heterocycles. The first kappa shape index (κ1) is 15.4. The van der Waals surface area contributed by atoms with Crippen LogP contribution in [-0.4, -0.2) is 34.7 Å². The SMILES string of the molecule is Cc1nc(NS(=O)(=O)c2c(C(=O)O)n[nH]c2C)ccc1Br. The second kappa shape index (κ2) is 5.45. The van der Waals surface area contributed by atoms with E-state index in [4.69, 9.17) is 5.11 Å². The number of nitrogens with one attached hydrogen (secondary N) is 2. The van der Waals surface area contributed by atoms with E-state index < -0.39 is 26.6 Å². The Hall–Kier alpha value is -1.94. The van der Waals surface area contributed by atoms with Crippen LogP contribution in [0.4, 0.5) is 5.82 Å². The largest absolute Gasteiger partial charge is 0.476 e. The zero-order valence-corrected chi connectivity index (χ0v) is 13.4. The molecule has 8 nitrogen and oxygen atoms in total. The highest BCUT2D eigenvalue weighted by molar-refractivity contribution is 9.10. The Morgan fingerprint density at radius 2 is 2.05 bits per heavy atom. The number of halogens is 1. The maximum atomic E-state index is 12.3. The third kappa shape index (κ3) is 3.05. The molecule has 0 saturated carbocycles. The van der Waals surface area contributed by atoms with Gasteiger partial charge in [-0.15, -0.1) is 0 Å². The van der Waals surface area contributed by atoms with Crippen LogP contribution in [0.15, 0.2) is 21.5 Å². The maximum absolute atomic E-state index is 12.3. The van der Waals surface area contributed by atoms with E-state index in [1.807, 2.05) is 0 Å². The monoisotopic (exact) mass is 374 g/mol. The number of rotatable bonds is 4. The average Bonchev–Trinajstić information content (AvgIpc) is 2.76.